The highest BCUT2D eigenvalue weighted by molar-refractivity contribution is 9.09. The van der Waals surface area contributed by atoms with E-state index in [9.17, 15) is 9.59 Å². The Hall–Kier alpha value is -1.04. The molecule has 0 aromatic heterocycles. The van der Waals surface area contributed by atoms with Gasteiger partial charge in [0.15, 0.2) is 0 Å². The standard InChI is InChI=1S/C16H28BrNO4/c1-15(2,3)21-13(19)12(11-17)9-8-10-18(7)14(20)22-16(4,5)6/h9H,8,10-11H2,1-7H3/b12-9+. The Morgan fingerprint density at radius 2 is 1.55 bits per heavy atom. The van der Waals surface area contributed by atoms with Crippen LogP contribution in [0.2, 0.25) is 0 Å². The highest BCUT2D eigenvalue weighted by Gasteiger charge is 2.20. The molecule has 0 unspecified atom stereocenters. The molecule has 0 aliphatic rings. The van der Waals surface area contributed by atoms with Crippen molar-refractivity contribution in [3.63, 3.8) is 0 Å². The molecule has 5 nitrogen and oxygen atoms in total. The molecule has 0 atom stereocenters. The van der Waals surface area contributed by atoms with Crippen LogP contribution in [0.3, 0.4) is 0 Å². The molecule has 0 spiro atoms. The van der Waals surface area contributed by atoms with Crippen LogP contribution in [0.25, 0.3) is 0 Å². The second-order valence-corrected chi connectivity index (χ2v) is 7.62. The highest BCUT2D eigenvalue weighted by atomic mass is 79.9. The van der Waals surface area contributed by atoms with Crippen molar-refractivity contribution >= 4 is 28.0 Å². The first-order valence-corrected chi connectivity index (χ1v) is 8.40. The molecule has 0 radical (unpaired) electrons. The smallest absolute Gasteiger partial charge is 0.410 e. The van der Waals surface area contributed by atoms with E-state index in [4.69, 9.17) is 9.47 Å². The van der Waals surface area contributed by atoms with Crippen LogP contribution >= 0.6 is 15.9 Å². The van der Waals surface area contributed by atoms with Gasteiger partial charge < -0.3 is 14.4 Å². The lowest BCUT2D eigenvalue weighted by atomic mass is 10.2. The fourth-order valence-corrected chi connectivity index (χ4v) is 1.86. The lowest BCUT2D eigenvalue weighted by molar-refractivity contribution is -0.149. The monoisotopic (exact) mass is 377 g/mol. The third-order valence-electron chi connectivity index (χ3n) is 2.37. The van der Waals surface area contributed by atoms with Crippen LogP contribution in [-0.2, 0) is 14.3 Å². The zero-order valence-electron chi connectivity index (χ0n) is 14.7. The zero-order valence-corrected chi connectivity index (χ0v) is 16.2. The summed E-state index contributed by atoms with van der Waals surface area (Å²) in [6, 6.07) is 0. The summed E-state index contributed by atoms with van der Waals surface area (Å²) in [6.07, 6.45) is 1.96. The van der Waals surface area contributed by atoms with E-state index in [-0.39, 0.29) is 12.1 Å². The van der Waals surface area contributed by atoms with E-state index < -0.39 is 11.2 Å². The van der Waals surface area contributed by atoms with E-state index >= 15 is 0 Å². The van der Waals surface area contributed by atoms with Crippen LogP contribution in [0.5, 0.6) is 0 Å². The van der Waals surface area contributed by atoms with Crippen LogP contribution in [-0.4, -0.2) is 47.1 Å². The minimum absolute atomic E-state index is 0.343. The number of carbonyl (C=O) groups excluding carboxylic acids is 2. The number of hydrogen-bond acceptors (Lipinski definition) is 4. The fourth-order valence-electron chi connectivity index (χ4n) is 1.40. The molecule has 0 aromatic carbocycles. The van der Waals surface area contributed by atoms with Crippen molar-refractivity contribution in [3.05, 3.63) is 11.6 Å². The van der Waals surface area contributed by atoms with Crippen molar-refractivity contribution in [1.29, 1.82) is 0 Å². The van der Waals surface area contributed by atoms with Crippen molar-refractivity contribution in [2.24, 2.45) is 0 Å². The van der Waals surface area contributed by atoms with Gasteiger partial charge in [-0.25, -0.2) is 9.59 Å². The molecule has 0 N–H and O–H groups in total. The number of amides is 1. The molecule has 0 saturated heterocycles. The van der Waals surface area contributed by atoms with Crippen molar-refractivity contribution in [1.82, 2.24) is 4.90 Å². The van der Waals surface area contributed by atoms with Crippen LogP contribution in [0.15, 0.2) is 11.6 Å². The van der Waals surface area contributed by atoms with E-state index in [0.29, 0.717) is 23.9 Å². The van der Waals surface area contributed by atoms with E-state index in [0.717, 1.165) is 0 Å². The normalized spacial score (nSPS) is 12.8. The first-order valence-electron chi connectivity index (χ1n) is 7.28. The molecule has 0 rings (SSSR count). The van der Waals surface area contributed by atoms with Gasteiger partial charge in [-0.1, -0.05) is 22.0 Å². The lowest BCUT2D eigenvalue weighted by Gasteiger charge is -2.24. The summed E-state index contributed by atoms with van der Waals surface area (Å²) in [4.78, 5) is 25.3. The second kappa shape index (κ2) is 8.56. The van der Waals surface area contributed by atoms with Crippen molar-refractivity contribution < 1.29 is 19.1 Å². The maximum atomic E-state index is 12.0. The minimum atomic E-state index is -0.522. The van der Waals surface area contributed by atoms with Gasteiger partial charge in [0.2, 0.25) is 0 Å². The molecule has 6 heteroatoms. The summed E-state index contributed by atoms with van der Waals surface area (Å²) >= 11 is 3.29. The van der Waals surface area contributed by atoms with Gasteiger partial charge in [0.1, 0.15) is 11.2 Å². The van der Waals surface area contributed by atoms with Crippen LogP contribution < -0.4 is 0 Å². The van der Waals surface area contributed by atoms with Gasteiger partial charge in [-0.05, 0) is 48.0 Å². The molecular weight excluding hydrogens is 350 g/mol. The molecule has 1 amide bonds. The van der Waals surface area contributed by atoms with E-state index in [2.05, 4.69) is 15.9 Å². The first kappa shape index (κ1) is 21.0. The SMILES string of the molecule is CN(CC/C=C(\CBr)C(=O)OC(C)(C)C)C(=O)OC(C)(C)C. The van der Waals surface area contributed by atoms with E-state index in [1.165, 1.54) is 4.90 Å². The molecule has 0 heterocycles. The van der Waals surface area contributed by atoms with Crippen molar-refractivity contribution in [2.45, 2.75) is 59.2 Å². The molecule has 0 aliphatic heterocycles. The average molecular weight is 378 g/mol. The van der Waals surface area contributed by atoms with Crippen LogP contribution in [0.4, 0.5) is 4.79 Å². The third-order valence-corrected chi connectivity index (χ3v) is 2.97. The third kappa shape index (κ3) is 9.82. The number of nitrogens with zero attached hydrogens (tertiary/aromatic N) is 1. The number of esters is 1. The summed E-state index contributed by atoms with van der Waals surface area (Å²) in [6.45, 7) is 11.4. The Morgan fingerprint density at radius 3 is 1.95 bits per heavy atom. The maximum absolute atomic E-state index is 12.0. The topological polar surface area (TPSA) is 55.8 Å². The van der Waals surface area contributed by atoms with Gasteiger partial charge >= 0.3 is 12.1 Å². The molecule has 0 bridgehead atoms. The van der Waals surface area contributed by atoms with Crippen molar-refractivity contribution in [2.75, 3.05) is 18.9 Å². The maximum Gasteiger partial charge on any atom is 0.410 e. The van der Waals surface area contributed by atoms with Gasteiger partial charge in [0.05, 0.1) is 0 Å². The van der Waals surface area contributed by atoms with Crippen LogP contribution in [0, 0.1) is 0 Å². The lowest BCUT2D eigenvalue weighted by Crippen LogP contribution is -2.34. The molecule has 0 fully saturated rings. The van der Waals surface area contributed by atoms with E-state index in [1.54, 1.807) is 13.1 Å². The number of alkyl halides is 1. The predicted molar refractivity (Wildman–Crippen MR) is 91.2 cm³/mol. The first-order chi connectivity index (χ1) is 9.85. The summed E-state index contributed by atoms with van der Waals surface area (Å²) < 4.78 is 10.6. The van der Waals surface area contributed by atoms with Gasteiger partial charge in [-0.15, -0.1) is 0 Å². The average Bonchev–Trinajstić information content (AvgIpc) is 2.29. The van der Waals surface area contributed by atoms with Crippen molar-refractivity contribution in [3.8, 4) is 0 Å². The molecule has 128 valence electrons. The fraction of sp³-hybridized carbons (Fsp3) is 0.750. The van der Waals surface area contributed by atoms with Gasteiger partial charge in [0, 0.05) is 24.5 Å². The predicted octanol–water partition coefficient (Wildman–Crippen LogP) is 3.91. The number of hydrogen-bond donors (Lipinski definition) is 0. The van der Waals surface area contributed by atoms with Gasteiger partial charge in [-0.3, -0.25) is 0 Å². The number of carbonyl (C=O) groups is 2. The number of halogens is 1. The summed E-state index contributed by atoms with van der Waals surface area (Å²) in [5, 5.41) is 0.415. The quantitative estimate of drug-likeness (QED) is 0.414. The zero-order chi connectivity index (χ0) is 17.6. The molecule has 22 heavy (non-hydrogen) atoms. The molecule has 0 saturated carbocycles. The van der Waals surface area contributed by atoms with Crippen LogP contribution in [0.1, 0.15) is 48.0 Å². The molecule has 0 aromatic rings. The Balaban J connectivity index is 4.49. The Bertz CT molecular complexity index is 419. The minimum Gasteiger partial charge on any atom is -0.457 e. The van der Waals surface area contributed by atoms with Gasteiger partial charge in [-0.2, -0.15) is 0 Å². The molecule has 0 aliphatic carbocycles. The molecular formula is C16H28BrNO4. The second-order valence-electron chi connectivity index (χ2n) is 7.06. The summed E-state index contributed by atoms with van der Waals surface area (Å²) in [5.74, 6) is -0.343. The summed E-state index contributed by atoms with van der Waals surface area (Å²) in [5.41, 5.74) is -0.489. The number of ether oxygens (including phenoxy) is 2. The Labute approximate surface area is 142 Å². The van der Waals surface area contributed by atoms with Gasteiger partial charge in [0.25, 0.3) is 0 Å². The largest absolute Gasteiger partial charge is 0.457 e. The highest BCUT2D eigenvalue weighted by Crippen LogP contribution is 2.13. The number of rotatable bonds is 5. The van der Waals surface area contributed by atoms with E-state index in [1.807, 2.05) is 41.5 Å². The summed E-state index contributed by atoms with van der Waals surface area (Å²) in [7, 11) is 1.67. The Morgan fingerprint density at radius 1 is 1.05 bits per heavy atom. The Kier molecular flexibility index (Phi) is 8.15.